The standard InChI is InChI=1S/C10H12NO2/c1-3-11(2)9-6-4-8(5-7-9)10(12)13/h4-7H,3H2,1-2H3. The molecule has 0 saturated heterocycles. The van der Waals surface area contributed by atoms with Crippen LogP contribution in [-0.4, -0.2) is 19.6 Å². The van der Waals surface area contributed by atoms with Crippen molar-refractivity contribution in [1.29, 1.82) is 0 Å². The first-order chi connectivity index (χ1) is 6.15. The molecule has 0 bridgehead atoms. The number of nitrogens with zero attached hydrogens (tertiary/aromatic N) is 1. The van der Waals surface area contributed by atoms with E-state index >= 15 is 0 Å². The lowest BCUT2D eigenvalue weighted by Gasteiger charge is -2.16. The first-order valence-corrected chi connectivity index (χ1v) is 4.17. The molecule has 0 amide bonds. The fourth-order valence-electron chi connectivity index (χ4n) is 1.03. The summed E-state index contributed by atoms with van der Waals surface area (Å²) >= 11 is 0. The van der Waals surface area contributed by atoms with Gasteiger partial charge in [0.2, 0.25) is 0 Å². The molecule has 0 fully saturated rings. The average molecular weight is 178 g/mol. The molecule has 0 N–H and O–H groups in total. The summed E-state index contributed by atoms with van der Waals surface area (Å²) < 4.78 is 0. The predicted octanol–water partition coefficient (Wildman–Crippen LogP) is 1.71. The third-order valence-corrected chi connectivity index (χ3v) is 2.02. The molecule has 0 spiro atoms. The fourth-order valence-corrected chi connectivity index (χ4v) is 1.03. The smallest absolute Gasteiger partial charge is 0.375 e. The van der Waals surface area contributed by atoms with Crippen LogP contribution in [0.25, 0.3) is 0 Å². The Morgan fingerprint density at radius 1 is 1.31 bits per heavy atom. The number of carbonyl (C=O) groups excluding carboxylic acids is 1. The van der Waals surface area contributed by atoms with Crippen molar-refractivity contribution in [3.63, 3.8) is 0 Å². The molecule has 1 aromatic rings. The second kappa shape index (κ2) is 3.94. The van der Waals surface area contributed by atoms with E-state index in [-0.39, 0.29) is 5.56 Å². The second-order valence-electron chi connectivity index (χ2n) is 2.85. The number of rotatable bonds is 3. The van der Waals surface area contributed by atoms with Gasteiger partial charge in [-0.1, -0.05) is 0 Å². The van der Waals surface area contributed by atoms with E-state index in [4.69, 9.17) is 0 Å². The number of anilines is 1. The summed E-state index contributed by atoms with van der Waals surface area (Å²) in [4.78, 5) is 12.5. The van der Waals surface area contributed by atoms with Gasteiger partial charge in [-0.15, -0.1) is 0 Å². The SMILES string of the molecule is CCN(C)c1ccc(C([O])=O)cc1. The Hall–Kier alpha value is -1.51. The van der Waals surface area contributed by atoms with Gasteiger partial charge in [0, 0.05) is 19.3 Å². The minimum Gasteiger partial charge on any atom is -0.375 e. The van der Waals surface area contributed by atoms with Crippen molar-refractivity contribution in [1.82, 2.24) is 0 Å². The van der Waals surface area contributed by atoms with Crippen LogP contribution in [0.1, 0.15) is 17.3 Å². The van der Waals surface area contributed by atoms with E-state index in [2.05, 4.69) is 0 Å². The van der Waals surface area contributed by atoms with Crippen LogP contribution in [0, 0.1) is 0 Å². The summed E-state index contributed by atoms with van der Waals surface area (Å²) in [5.41, 5.74) is 1.22. The molecule has 3 nitrogen and oxygen atoms in total. The maximum atomic E-state index is 10.4. The predicted molar refractivity (Wildman–Crippen MR) is 50.4 cm³/mol. The zero-order valence-corrected chi connectivity index (χ0v) is 7.78. The molecule has 0 atom stereocenters. The summed E-state index contributed by atoms with van der Waals surface area (Å²) in [5, 5.41) is 10.4. The Balaban J connectivity index is 2.87. The van der Waals surface area contributed by atoms with Gasteiger partial charge >= 0.3 is 5.97 Å². The quantitative estimate of drug-likeness (QED) is 0.707. The van der Waals surface area contributed by atoms with Gasteiger partial charge in [0.25, 0.3) is 0 Å². The Kier molecular flexibility index (Phi) is 2.90. The minimum absolute atomic E-state index is 0.216. The highest BCUT2D eigenvalue weighted by molar-refractivity contribution is 5.87. The normalized spacial score (nSPS) is 9.69. The van der Waals surface area contributed by atoms with E-state index in [9.17, 15) is 9.90 Å². The molecule has 0 aliphatic heterocycles. The first kappa shape index (κ1) is 9.58. The zero-order valence-electron chi connectivity index (χ0n) is 7.78. The molecule has 0 aliphatic rings. The second-order valence-corrected chi connectivity index (χ2v) is 2.85. The van der Waals surface area contributed by atoms with Gasteiger partial charge in [0.1, 0.15) is 0 Å². The lowest BCUT2D eigenvalue weighted by molar-refractivity contribution is 0.0573. The Morgan fingerprint density at radius 2 is 1.85 bits per heavy atom. The summed E-state index contributed by atoms with van der Waals surface area (Å²) in [7, 11) is 1.95. The summed E-state index contributed by atoms with van der Waals surface area (Å²) in [6, 6.07) is 6.65. The van der Waals surface area contributed by atoms with E-state index in [1.54, 1.807) is 24.3 Å². The lowest BCUT2D eigenvalue weighted by atomic mass is 10.2. The summed E-state index contributed by atoms with van der Waals surface area (Å²) in [5.74, 6) is -1.13. The largest absolute Gasteiger partial charge is 0.386 e. The molecule has 0 aromatic heterocycles. The topological polar surface area (TPSA) is 40.2 Å². The Morgan fingerprint density at radius 3 is 2.23 bits per heavy atom. The van der Waals surface area contributed by atoms with E-state index in [0.29, 0.717) is 0 Å². The maximum Gasteiger partial charge on any atom is 0.386 e. The molecule has 13 heavy (non-hydrogen) atoms. The van der Waals surface area contributed by atoms with E-state index in [1.807, 2.05) is 18.9 Å². The molecular formula is C10H12NO2. The summed E-state index contributed by atoms with van der Waals surface area (Å²) in [6.07, 6.45) is 0. The van der Waals surface area contributed by atoms with Crippen molar-refractivity contribution in [2.24, 2.45) is 0 Å². The van der Waals surface area contributed by atoms with Gasteiger partial charge in [-0.2, -0.15) is 0 Å². The summed E-state index contributed by atoms with van der Waals surface area (Å²) in [6.45, 7) is 2.93. The lowest BCUT2D eigenvalue weighted by Crippen LogP contribution is -2.15. The van der Waals surface area contributed by atoms with Crippen molar-refractivity contribution < 1.29 is 9.90 Å². The van der Waals surface area contributed by atoms with E-state index < -0.39 is 5.97 Å². The minimum atomic E-state index is -1.13. The third kappa shape index (κ3) is 2.21. The Bertz CT molecular complexity index is 292. The molecule has 3 heteroatoms. The highest BCUT2D eigenvalue weighted by Gasteiger charge is 2.04. The highest BCUT2D eigenvalue weighted by atomic mass is 16.4. The van der Waals surface area contributed by atoms with Crippen LogP contribution in [0.2, 0.25) is 0 Å². The highest BCUT2D eigenvalue weighted by Crippen LogP contribution is 2.13. The van der Waals surface area contributed by atoms with Crippen molar-refractivity contribution in [3.05, 3.63) is 29.8 Å². The van der Waals surface area contributed by atoms with Crippen LogP contribution in [0.3, 0.4) is 0 Å². The average Bonchev–Trinajstić information content (AvgIpc) is 2.17. The van der Waals surface area contributed by atoms with Crippen molar-refractivity contribution in [3.8, 4) is 0 Å². The van der Waals surface area contributed by atoms with Gasteiger partial charge in [-0.3, -0.25) is 0 Å². The molecule has 69 valence electrons. The Labute approximate surface area is 77.6 Å². The first-order valence-electron chi connectivity index (χ1n) is 4.17. The van der Waals surface area contributed by atoms with Crippen molar-refractivity contribution in [2.75, 3.05) is 18.5 Å². The van der Waals surface area contributed by atoms with Crippen LogP contribution < -0.4 is 4.90 Å². The molecule has 1 aromatic carbocycles. The van der Waals surface area contributed by atoms with Gasteiger partial charge in [0.15, 0.2) is 0 Å². The van der Waals surface area contributed by atoms with Gasteiger partial charge in [-0.05, 0) is 31.2 Å². The van der Waals surface area contributed by atoms with Gasteiger partial charge in [-0.25, -0.2) is 9.90 Å². The van der Waals surface area contributed by atoms with E-state index in [1.165, 1.54) is 0 Å². The number of hydrogen-bond acceptors (Lipinski definition) is 2. The van der Waals surface area contributed by atoms with Crippen LogP contribution in [0.15, 0.2) is 24.3 Å². The zero-order chi connectivity index (χ0) is 9.84. The number of hydrogen-bond donors (Lipinski definition) is 0. The maximum absolute atomic E-state index is 10.4. The van der Waals surface area contributed by atoms with Crippen LogP contribution in [-0.2, 0) is 5.11 Å². The van der Waals surface area contributed by atoms with Gasteiger partial charge in [0.05, 0.1) is 5.56 Å². The van der Waals surface area contributed by atoms with Crippen molar-refractivity contribution in [2.45, 2.75) is 6.92 Å². The molecule has 1 radical (unpaired) electrons. The molecule has 0 saturated carbocycles. The molecule has 0 aliphatic carbocycles. The fraction of sp³-hybridized carbons (Fsp3) is 0.300. The van der Waals surface area contributed by atoms with Crippen LogP contribution >= 0.6 is 0 Å². The van der Waals surface area contributed by atoms with Crippen LogP contribution in [0.4, 0.5) is 5.69 Å². The molecule has 0 unspecified atom stereocenters. The monoisotopic (exact) mass is 178 g/mol. The van der Waals surface area contributed by atoms with Crippen LogP contribution in [0.5, 0.6) is 0 Å². The molecule has 0 heterocycles. The number of benzene rings is 1. The molecular weight excluding hydrogens is 166 g/mol. The van der Waals surface area contributed by atoms with Gasteiger partial charge < -0.3 is 4.90 Å². The number of carbonyl (C=O) groups is 1. The van der Waals surface area contributed by atoms with Crippen molar-refractivity contribution >= 4 is 11.7 Å². The van der Waals surface area contributed by atoms with E-state index in [0.717, 1.165) is 12.2 Å². The molecule has 1 rings (SSSR count). The third-order valence-electron chi connectivity index (χ3n) is 2.02.